The van der Waals surface area contributed by atoms with Gasteiger partial charge in [-0.2, -0.15) is 0 Å². The van der Waals surface area contributed by atoms with Gasteiger partial charge in [-0.1, -0.05) is 35.5 Å². The van der Waals surface area contributed by atoms with Gasteiger partial charge in [0, 0.05) is 0 Å². The second kappa shape index (κ2) is 7.84. The molecule has 0 saturated carbocycles. The lowest BCUT2D eigenvalue weighted by atomic mass is 10.2. The molecule has 146 valence electrons. The fourth-order valence-corrected chi connectivity index (χ4v) is 2.59. The molecule has 1 aromatic carbocycles. The Labute approximate surface area is 164 Å². The maximum Gasteiger partial charge on any atom is 0.361 e. The van der Waals surface area contributed by atoms with Gasteiger partial charge in [0.1, 0.15) is 11.8 Å². The Bertz CT molecular complexity index is 1150. The molecule has 11 nitrogen and oxygen atoms in total. The average Bonchev–Trinajstić information content (AvgIpc) is 3.38. The highest BCUT2D eigenvalue weighted by atomic mass is 16.5. The third-order valence-corrected chi connectivity index (χ3v) is 4.05. The Kier molecular flexibility index (Phi) is 4.93. The van der Waals surface area contributed by atoms with Gasteiger partial charge in [-0.25, -0.2) is 24.4 Å². The monoisotopic (exact) mass is 392 g/mol. The maximum atomic E-state index is 12.4. The van der Waals surface area contributed by atoms with Crippen LogP contribution in [0.4, 0.5) is 5.82 Å². The summed E-state index contributed by atoms with van der Waals surface area (Å²) in [6, 6.07) is 9.62. The Balaban J connectivity index is 1.38. The number of nitrogens with zero attached hydrogens (tertiary/aromatic N) is 6. The van der Waals surface area contributed by atoms with E-state index in [0.717, 1.165) is 5.56 Å². The number of hydrogen-bond donors (Lipinski definition) is 2. The summed E-state index contributed by atoms with van der Waals surface area (Å²) in [5.74, 6) is -1.06. The van der Waals surface area contributed by atoms with Crippen LogP contribution in [0.15, 0.2) is 49.2 Å². The molecule has 0 aliphatic carbocycles. The molecule has 1 atom stereocenters. The predicted molar refractivity (Wildman–Crippen MR) is 101 cm³/mol. The largest absolute Gasteiger partial charge is 0.448 e. The standard InChI is InChI=1S/C18H16N8O3/c1-11(17(27)23-16-14-15(20-9-19-14)21-10-22-16)29-18(28)13-8-26(25-24-13)7-12-5-3-2-4-6-12/h2-6,8-11H,7H2,1H3,(H2,19,20,21,22,23,27). The minimum atomic E-state index is -1.07. The van der Waals surface area contributed by atoms with Crippen LogP contribution in [0.2, 0.25) is 0 Å². The SMILES string of the molecule is CC(OC(=O)c1cn(Cc2ccccc2)nn1)C(=O)Nc1ncnc2nc[nH]c12. The van der Waals surface area contributed by atoms with Crippen LogP contribution in [0.3, 0.4) is 0 Å². The molecule has 0 radical (unpaired) electrons. The molecule has 0 spiro atoms. The molecule has 0 bridgehead atoms. The fourth-order valence-electron chi connectivity index (χ4n) is 2.59. The first-order valence-electron chi connectivity index (χ1n) is 8.70. The Morgan fingerprint density at radius 2 is 2.03 bits per heavy atom. The minimum absolute atomic E-state index is 0.0126. The lowest BCUT2D eigenvalue weighted by Gasteiger charge is -2.12. The molecule has 3 aromatic heterocycles. The quantitative estimate of drug-likeness (QED) is 0.466. The number of amides is 1. The number of carbonyl (C=O) groups excluding carboxylic acids is 2. The fraction of sp³-hybridized carbons (Fsp3) is 0.167. The van der Waals surface area contributed by atoms with Crippen molar-refractivity contribution in [3.8, 4) is 0 Å². The minimum Gasteiger partial charge on any atom is -0.448 e. The molecule has 29 heavy (non-hydrogen) atoms. The molecule has 4 aromatic rings. The molecule has 3 heterocycles. The van der Waals surface area contributed by atoms with Crippen molar-refractivity contribution in [1.29, 1.82) is 0 Å². The first-order chi connectivity index (χ1) is 14.1. The van der Waals surface area contributed by atoms with Crippen molar-refractivity contribution in [2.45, 2.75) is 19.6 Å². The normalized spacial score (nSPS) is 11.9. The van der Waals surface area contributed by atoms with Crippen LogP contribution < -0.4 is 5.32 Å². The molecule has 0 fully saturated rings. The summed E-state index contributed by atoms with van der Waals surface area (Å²) < 4.78 is 6.71. The zero-order valence-electron chi connectivity index (χ0n) is 15.3. The van der Waals surface area contributed by atoms with Gasteiger partial charge in [0.2, 0.25) is 0 Å². The summed E-state index contributed by atoms with van der Waals surface area (Å²) in [7, 11) is 0. The van der Waals surface area contributed by atoms with Crippen LogP contribution in [0, 0.1) is 0 Å². The highest BCUT2D eigenvalue weighted by Crippen LogP contribution is 2.15. The van der Waals surface area contributed by atoms with E-state index >= 15 is 0 Å². The average molecular weight is 392 g/mol. The topological polar surface area (TPSA) is 141 Å². The van der Waals surface area contributed by atoms with Crippen molar-refractivity contribution >= 4 is 28.9 Å². The van der Waals surface area contributed by atoms with E-state index in [2.05, 4.69) is 35.6 Å². The van der Waals surface area contributed by atoms with Crippen molar-refractivity contribution in [2.24, 2.45) is 0 Å². The second-order valence-electron chi connectivity index (χ2n) is 6.15. The molecule has 0 saturated heterocycles. The van der Waals surface area contributed by atoms with E-state index < -0.39 is 18.0 Å². The number of ether oxygens (including phenoxy) is 1. The first-order valence-corrected chi connectivity index (χ1v) is 8.70. The second-order valence-corrected chi connectivity index (χ2v) is 6.15. The summed E-state index contributed by atoms with van der Waals surface area (Å²) in [5, 5.41) is 10.3. The maximum absolute atomic E-state index is 12.4. The third kappa shape index (κ3) is 4.08. The predicted octanol–water partition coefficient (Wildman–Crippen LogP) is 1.18. The molecule has 4 rings (SSSR count). The summed E-state index contributed by atoms with van der Waals surface area (Å²) in [6.45, 7) is 1.91. The lowest BCUT2D eigenvalue weighted by Crippen LogP contribution is -2.30. The Morgan fingerprint density at radius 3 is 2.86 bits per heavy atom. The molecule has 1 unspecified atom stereocenters. The van der Waals surface area contributed by atoms with E-state index in [9.17, 15) is 9.59 Å². The smallest absolute Gasteiger partial charge is 0.361 e. The van der Waals surface area contributed by atoms with Gasteiger partial charge in [-0.05, 0) is 12.5 Å². The van der Waals surface area contributed by atoms with Gasteiger partial charge in [0.05, 0.1) is 19.1 Å². The van der Waals surface area contributed by atoms with Gasteiger partial charge < -0.3 is 15.0 Å². The first kappa shape index (κ1) is 18.2. The van der Waals surface area contributed by atoms with E-state index in [1.807, 2.05) is 30.3 Å². The van der Waals surface area contributed by atoms with Crippen LogP contribution >= 0.6 is 0 Å². The lowest BCUT2D eigenvalue weighted by molar-refractivity contribution is -0.123. The number of aromatic nitrogens is 7. The number of H-pyrrole nitrogens is 1. The number of nitrogens with one attached hydrogen (secondary N) is 2. The van der Waals surface area contributed by atoms with Gasteiger partial charge in [0.15, 0.2) is 23.3 Å². The molecule has 1 amide bonds. The number of rotatable bonds is 6. The van der Waals surface area contributed by atoms with Crippen molar-refractivity contribution in [1.82, 2.24) is 34.9 Å². The van der Waals surface area contributed by atoms with Crippen molar-refractivity contribution < 1.29 is 14.3 Å². The molecule has 0 aliphatic heterocycles. The van der Waals surface area contributed by atoms with E-state index in [1.54, 1.807) is 0 Å². The van der Waals surface area contributed by atoms with Crippen LogP contribution in [-0.4, -0.2) is 52.9 Å². The molecule has 2 N–H and O–H groups in total. The van der Waals surface area contributed by atoms with Gasteiger partial charge in [-0.15, -0.1) is 5.10 Å². The number of hydrogen-bond acceptors (Lipinski definition) is 8. The summed E-state index contributed by atoms with van der Waals surface area (Å²) in [6.07, 6.45) is 3.12. The number of anilines is 1. The highest BCUT2D eigenvalue weighted by Gasteiger charge is 2.22. The van der Waals surface area contributed by atoms with Crippen molar-refractivity contribution in [3.63, 3.8) is 0 Å². The zero-order valence-corrected chi connectivity index (χ0v) is 15.3. The number of imidazole rings is 1. The molecular weight excluding hydrogens is 376 g/mol. The number of fused-ring (bicyclic) bond motifs is 1. The number of benzene rings is 1. The number of esters is 1. The Morgan fingerprint density at radius 1 is 1.21 bits per heavy atom. The summed E-state index contributed by atoms with van der Waals surface area (Å²) >= 11 is 0. The van der Waals surface area contributed by atoms with Crippen LogP contribution in [-0.2, 0) is 16.1 Å². The van der Waals surface area contributed by atoms with Gasteiger partial charge >= 0.3 is 5.97 Å². The molecule has 0 aliphatic rings. The van der Waals surface area contributed by atoms with E-state index in [-0.39, 0.29) is 11.5 Å². The van der Waals surface area contributed by atoms with Crippen molar-refractivity contribution in [3.05, 3.63) is 60.4 Å². The van der Waals surface area contributed by atoms with Crippen LogP contribution in [0.5, 0.6) is 0 Å². The Hall–Kier alpha value is -4.15. The van der Waals surface area contributed by atoms with E-state index in [4.69, 9.17) is 4.74 Å². The van der Waals surface area contributed by atoms with E-state index in [1.165, 1.54) is 30.5 Å². The highest BCUT2D eigenvalue weighted by molar-refractivity contribution is 6.00. The number of aromatic amines is 1. The zero-order chi connectivity index (χ0) is 20.2. The summed E-state index contributed by atoms with van der Waals surface area (Å²) in [5.41, 5.74) is 1.91. The summed E-state index contributed by atoms with van der Waals surface area (Å²) in [4.78, 5) is 39.5. The van der Waals surface area contributed by atoms with Gasteiger partial charge in [-0.3, -0.25) is 4.79 Å². The van der Waals surface area contributed by atoms with Crippen LogP contribution in [0.25, 0.3) is 11.2 Å². The third-order valence-electron chi connectivity index (χ3n) is 4.05. The van der Waals surface area contributed by atoms with E-state index in [0.29, 0.717) is 17.7 Å². The van der Waals surface area contributed by atoms with Crippen molar-refractivity contribution in [2.75, 3.05) is 5.32 Å². The van der Waals surface area contributed by atoms with Gasteiger partial charge in [0.25, 0.3) is 5.91 Å². The number of carbonyl (C=O) groups is 2. The van der Waals surface area contributed by atoms with Crippen LogP contribution in [0.1, 0.15) is 23.0 Å². The molecule has 11 heteroatoms. The molecular formula is C18H16N8O3.